The summed E-state index contributed by atoms with van der Waals surface area (Å²) in [5.41, 5.74) is 8.24. The quantitative estimate of drug-likeness (QED) is 0.133. The molecule has 0 fully saturated rings. The van der Waals surface area contributed by atoms with Gasteiger partial charge in [0.1, 0.15) is 6.15 Å². The van der Waals surface area contributed by atoms with Gasteiger partial charge >= 0.3 is 0 Å². The summed E-state index contributed by atoms with van der Waals surface area (Å²) < 4.78 is 0. The summed E-state index contributed by atoms with van der Waals surface area (Å²) in [5, 5.41) is 0. The first kappa shape index (κ1) is 31.1. The van der Waals surface area contributed by atoms with Crippen LogP contribution in [0.1, 0.15) is 55.4 Å². The van der Waals surface area contributed by atoms with Crippen molar-refractivity contribution >= 4 is 39.4 Å². The number of hydrogen-bond acceptors (Lipinski definition) is 2. The van der Waals surface area contributed by atoms with Gasteiger partial charge in [0.15, 0.2) is 0 Å². The van der Waals surface area contributed by atoms with Crippen LogP contribution in [0, 0.1) is 0 Å². The highest BCUT2D eigenvalue weighted by Crippen LogP contribution is 2.44. The second kappa shape index (κ2) is 13.9. The maximum atomic E-state index is 2.51. The highest BCUT2D eigenvalue weighted by atomic mass is 15.3. The van der Waals surface area contributed by atoms with E-state index in [1.54, 1.807) is 0 Å². The van der Waals surface area contributed by atoms with E-state index in [-0.39, 0.29) is 0 Å². The molecule has 0 aliphatic heterocycles. The summed E-state index contributed by atoms with van der Waals surface area (Å²) in [7, 11) is 0. The molecule has 0 bridgehead atoms. The Labute approximate surface area is 255 Å². The van der Waals surface area contributed by atoms with Gasteiger partial charge in [-0.25, -0.2) is 0 Å². The van der Waals surface area contributed by atoms with Crippen LogP contribution in [0.15, 0.2) is 127 Å². The Balaban J connectivity index is 0.000000209. The zero-order chi connectivity index (χ0) is 30.3. The lowest BCUT2D eigenvalue weighted by molar-refractivity contribution is 0.598. The Kier molecular flexibility index (Phi) is 10.3. The summed E-state index contributed by atoms with van der Waals surface area (Å²) in [6.07, 6.45) is -1.22. The smallest absolute Gasteiger partial charge is 0.280 e. The molecule has 0 amide bonds. The fourth-order valence-electron chi connectivity index (χ4n) is 6.93. The van der Waals surface area contributed by atoms with Crippen LogP contribution >= 0.6 is 0 Å². The van der Waals surface area contributed by atoms with Crippen LogP contribution in [0.25, 0.3) is 0 Å². The normalized spacial score (nSPS) is 11.7. The summed E-state index contributed by atoms with van der Waals surface area (Å²) in [6, 6.07) is 48.1. The van der Waals surface area contributed by atoms with Crippen LogP contribution in [-0.4, -0.2) is 30.3 Å². The van der Waals surface area contributed by atoms with E-state index in [4.69, 9.17) is 0 Å². The molecule has 0 heterocycles. The van der Waals surface area contributed by atoms with Gasteiger partial charge in [0.05, 0.1) is 0 Å². The molecule has 0 spiro atoms. The van der Waals surface area contributed by atoms with Crippen LogP contribution < -0.4 is 31.7 Å². The molecule has 0 aromatic heterocycles. The van der Waals surface area contributed by atoms with Crippen molar-refractivity contribution < 1.29 is 0 Å². The van der Waals surface area contributed by atoms with Crippen LogP contribution in [0.4, 0.5) is 11.4 Å². The molecule has 3 heteroatoms. The first-order valence-corrected chi connectivity index (χ1v) is 15.7. The molecular formula is C39H49BN2. The first-order valence-electron chi connectivity index (χ1n) is 15.7. The lowest BCUT2D eigenvalue weighted by atomic mass is 9.13. The Morgan fingerprint density at radius 3 is 0.952 bits per heavy atom. The van der Waals surface area contributed by atoms with Crippen molar-refractivity contribution in [2.75, 3.05) is 9.80 Å². The Bertz CT molecular complexity index is 1210. The Hall–Kier alpha value is -3.85. The third kappa shape index (κ3) is 6.62. The third-order valence-electron chi connectivity index (χ3n) is 8.43. The fourth-order valence-corrected chi connectivity index (χ4v) is 6.93. The van der Waals surface area contributed by atoms with Gasteiger partial charge in [-0.15, -0.1) is 0 Å². The van der Waals surface area contributed by atoms with Crippen LogP contribution in [-0.2, 0) is 0 Å². The molecule has 0 N–H and O–H groups in total. The molecule has 0 radical (unpaired) electrons. The van der Waals surface area contributed by atoms with Crippen LogP contribution in [0.5, 0.6) is 0 Å². The molecular weight excluding hydrogens is 507 g/mol. The molecule has 0 saturated heterocycles. The van der Waals surface area contributed by atoms with E-state index in [1.165, 1.54) is 33.2 Å². The second-order valence-corrected chi connectivity index (χ2v) is 12.6. The van der Waals surface area contributed by atoms with E-state index in [9.17, 15) is 0 Å². The molecule has 0 aliphatic carbocycles. The number of benzene rings is 4. The van der Waals surface area contributed by atoms with Crippen molar-refractivity contribution in [2.45, 2.75) is 79.6 Å². The molecule has 0 saturated carbocycles. The van der Waals surface area contributed by atoms with Crippen molar-refractivity contribution in [3.63, 3.8) is 0 Å². The maximum absolute atomic E-state index is 2.51. The number of rotatable bonds is 10. The zero-order valence-corrected chi connectivity index (χ0v) is 26.9. The minimum Gasteiger partial charge on any atom is -0.292 e. The highest BCUT2D eigenvalue weighted by Gasteiger charge is 2.42. The van der Waals surface area contributed by atoms with Gasteiger partial charge in [0.25, 0.3) is 11.4 Å². The molecule has 5 rings (SSSR count). The second-order valence-electron chi connectivity index (χ2n) is 12.6. The monoisotopic (exact) mass is 556 g/mol. The van der Waals surface area contributed by atoms with Crippen LogP contribution in [0.2, 0.25) is 0 Å². The van der Waals surface area contributed by atoms with Gasteiger partial charge in [-0.2, -0.15) is 21.9 Å². The van der Waals surface area contributed by atoms with Gasteiger partial charge < -0.3 is 0 Å². The largest absolute Gasteiger partial charge is 0.292 e. The predicted molar refractivity (Wildman–Crippen MR) is 189 cm³/mol. The van der Waals surface area contributed by atoms with E-state index >= 15 is 0 Å². The molecule has 5 aromatic rings. The van der Waals surface area contributed by atoms with Crippen molar-refractivity contribution in [1.29, 1.82) is 0 Å². The SMILES string of the molecule is CC(C)N(c1c[c+]1N(C(C)C)C(C)C)C(C)C.c1ccc([B-](c2ccccc2)(c2ccccc2)c2ccccc2)cc1. The molecule has 2 nitrogen and oxygen atoms in total. The average molecular weight is 557 g/mol. The standard InChI is InChI=1S/C24H20B.C15H29N2/c1-5-13-21(14-6-1)25(22-15-7-2-8-16-22,23-17-9-3-10-18-23)24-19-11-4-12-20-24;1-10(2)16(11(3)4)14-9-15(14)17(12(5)6)13(7)8/h1-20H;9-13H,1-8H3/q-1;+1. The summed E-state index contributed by atoms with van der Waals surface area (Å²) in [5.74, 6) is 0. The van der Waals surface area contributed by atoms with Gasteiger partial charge in [0, 0.05) is 24.2 Å². The molecule has 218 valence electrons. The number of nitrogens with zero attached hydrogens (tertiary/aromatic N) is 2. The lowest BCUT2D eigenvalue weighted by Gasteiger charge is -2.44. The summed E-state index contributed by atoms with van der Waals surface area (Å²) >= 11 is 0. The molecule has 0 aliphatic rings. The van der Waals surface area contributed by atoms with Gasteiger partial charge in [-0.1, -0.05) is 121 Å². The maximum Gasteiger partial charge on any atom is 0.280 e. The van der Waals surface area contributed by atoms with E-state index in [1.807, 2.05) is 0 Å². The average Bonchev–Trinajstić information content (AvgIpc) is 3.74. The van der Waals surface area contributed by atoms with E-state index < -0.39 is 6.15 Å². The third-order valence-corrected chi connectivity index (χ3v) is 8.43. The van der Waals surface area contributed by atoms with E-state index in [0.29, 0.717) is 24.2 Å². The molecule has 0 atom stereocenters. The van der Waals surface area contributed by atoms with Crippen molar-refractivity contribution in [3.05, 3.63) is 127 Å². The Morgan fingerprint density at radius 2 is 0.714 bits per heavy atom. The van der Waals surface area contributed by atoms with Crippen molar-refractivity contribution in [1.82, 2.24) is 0 Å². The topological polar surface area (TPSA) is 6.48 Å². The van der Waals surface area contributed by atoms with Gasteiger partial charge in [0.2, 0.25) is 6.07 Å². The molecule has 5 aromatic carbocycles. The predicted octanol–water partition coefficient (Wildman–Crippen LogP) is 7.15. The van der Waals surface area contributed by atoms with Gasteiger partial charge in [-0.05, 0) is 55.4 Å². The van der Waals surface area contributed by atoms with Crippen molar-refractivity contribution in [3.8, 4) is 0 Å². The van der Waals surface area contributed by atoms with Crippen molar-refractivity contribution in [2.24, 2.45) is 0 Å². The number of hydrogen-bond donors (Lipinski definition) is 0. The Morgan fingerprint density at radius 1 is 0.429 bits per heavy atom. The fraction of sp³-hybridized carbons (Fsp3) is 0.308. The van der Waals surface area contributed by atoms with Gasteiger partial charge in [-0.3, -0.25) is 9.80 Å². The highest BCUT2D eigenvalue weighted by molar-refractivity contribution is 7.19. The summed E-state index contributed by atoms with van der Waals surface area (Å²) in [6.45, 7) is 18.2. The molecule has 42 heavy (non-hydrogen) atoms. The van der Waals surface area contributed by atoms with E-state index in [2.05, 4.69) is 193 Å². The number of anilines is 2. The van der Waals surface area contributed by atoms with Crippen LogP contribution in [0.3, 0.4) is 0 Å². The minimum absolute atomic E-state index is 0.569. The minimum atomic E-state index is -1.22. The zero-order valence-electron chi connectivity index (χ0n) is 26.9. The molecule has 0 unspecified atom stereocenters. The summed E-state index contributed by atoms with van der Waals surface area (Å²) in [4.78, 5) is 5.01. The lowest BCUT2D eigenvalue weighted by Crippen LogP contribution is -2.74. The van der Waals surface area contributed by atoms with E-state index in [0.717, 1.165) is 0 Å². The first-order chi connectivity index (χ1) is 20.2.